The summed E-state index contributed by atoms with van der Waals surface area (Å²) in [4.78, 5) is 13.7. The minimum absolute atomic E-state index is 0.489. The molecule has 4 heteroatoms. The number of hydrogen-bond donors (Lipinski definition) is 0. The van der Waals surface area contributed by atoms with Gasteiger partial charge in [-0.15, -0.1) is 0 Å². The maximum atomic E-state index is 13.7. The zero-order valence-electron chi connectivity index (χ0n) is 8.50. The molecule has 2 nitrogen and oxygen atoms in total. The lowest BCUT2D eigenvalue weighted by atomic mass is 9.94. The highest BCUT2D eigenvalue weighted by Gasteiger charge is 2.30. The van der Waals surface area contributed by atoms with Crippen LogP contribution in [0.25, 0.3) is 0 Å². The fourth-order valence-corrected chi connectivity index (χ4v) is 1.55. The quantitative estimate of drug-likeness (QED) is 0.574. The van der Waals surface area contributed by atoms with Crippen molar-refractivity contribution in [1.29, 1.82) is 0 Å². The number of isocyanates is 1. The monoisotopic (exact) mass is 227 g/mol. The van der Waals surface area contributed by atoms with E-state index in [1.165, 1.54) is 19.9 Å². The summed E-state index contributed by atoms with van der Waals surface area (Å²) in [5, 5.41) is 0.489. The van der Waals surface area contributed by atoms with Crippen LogP contribution in [-0.4, -0.2) is 11.7 Å². The second-order valence-corrected chi connectivity index (χ2v) is 4.18. The van der Waals surface area contributed by atoms with E-state index < -0.39 is 11.7 Å². The maximum Gasteiger partial charge on any atom is 0.235 e. The van der Waals surface area contributed by atoms with Crippen molar-refractivity contribution in [3.63, 3.8) is 0 Å². The van der Waals surface area contributed by atoms with Crippen molar-refractivity contribution >= 4 is 17.7 Å². The van der Waals surface area contributed by atoms with E-state index in [9.17, 15) is 9.18 Å². The van der Waals surface area contributed by atoms with Crippen molar-refractivity contribution in [1.82, 2.24) is 0 Å². The summed E-state index contributed by atoms with van der Waals surface area (Å²) < 4.78 is 13.7. The molecule has 0 aromatic heterocycles. The highest BCUT2D eigenvalue weighted by molar-refractivity contribution is 6.30. The Morgan fingerprint density at radius 1 is 1.53 bits per heavy atom. The number of hydrogen-bond acceptors (Lipinski definition) is 2. The maximum absolute atomic E-state index is 13.7. The molecule has 0 aliphatic rings. The van der Waals surface area contributed by atoms with E-state index >= 15 is 0 Å². The Hall–Kier alpha value is -1.18. The van der Waals surface area contributed by atoms with Crippen LogP contribution in [0.4, 0.5) is 4.39 Å². The Labute approximate surface area is 92.8 Å². The van der Waals surface area contributed by atoms with Crippen LogP contribution in [0.3, 0.4) is 0 Å². The van der Waals surface area contributed by atoms with E-state index in [1.54, 1.807) is 24.3 Å². The Morgan fingerprint density at radius 3 is 2.67 bits per heavy atom. The molecule has 0 bridgehead atoms. The minimum Gasteiger partial charge on any atom is -0.242 e. The van der Waals surface area contributed by atoms with Gasteiger partial charge in [0.2, 0.25) is 6.08 Å². The first kappa shape index (κ1) is 11.9. The molecule has 0 amide bonds. The van der Waals surface area contributed by atoms with Gasteiger partial charge >= 0.3 is 0 Å². The van der Waals surface area contributed by atoms with Crippen LogP contribution in [-0.2, 0) is 4.79 Å². The summed E-state index contributed by atoms with van der Waals surface area (Å²) in [7, 11) is 0. The molecule has 0 aliphatic carbocycles. The fourth-order valence-electron chi connectivity index (χ4n) is 1.35. The van der Waals surface area contributed by atoms with Crippen molar-refractivity contribution < 1.29 is 9.18 Å². The lowest BCUT2D eigenvalue weighted by Crippen LogP contribution is -2.22. The summed E-state index contributed by atoms with van der Waals surface area (Å²) in [5.74, 6) is 0. The van der Waals surface area contributed by atoms with Gasteiger partial charge in [0, 0.05) is 5.02 Å². The minimum atomic E-state index is -1.62. The van der Waals surface area contributed by atoms with E-state index in [1.807, 2.05) is 0 Å². The first-order chi connectivity index (χ1) is 6.95. The van der Waals surface area contributed by atoms with E-state index in [2.05, 4.69) is 4.99 Å². The molecule has 0 aliphatic heterocycles. The second-order valence-electron chi connectivity index (χ2n) is 3.74. The van der Waals surface area contributed by atoms with E-state index in [-0.39, 0.29) is 0 Å². The lowest BCUT2D eigenvalue weighted by Gasteiger charge is -2.22. The van der Waals surface area contributed by atoms with Crippen molar-refractivity contribution in [3.05, 3.63) is 34.9 Å². The molecule has 0 fully saturated rings. The molecule has 0 heterocycles. The van der Waals surface area contributed by atoms with Gasteiger partial charge in [-0.2, -0.15) is 4.99 Å². The standard InChI is InChI=1S/C11H11ClFNO/c1-11(2,13)10(14-7-15)8-4-3-5-9(12)6-8/h3-6,10H,1-2H3. The average molecular weight is 228 g/mol. The molecule has 0 spiro atoms. The van der Waals surface area contributed by atoms with Crippen LogP contribution < -0.4 is 0 Å². The molecule has 1 unspecified atom stereocenters. The van der Waals surface area contributed by atoms with Gasteiger partial charge in [0.05, 0.1) is 0 Å². The molecular weight excluding hydrogens is 217 g/mol. The molecule has 0 saturated heterocycles. The lowest BCUT2D eigenvalue weighted by molar-refractivity contribution is 0.175. The first-order valence-electron chi connectivity index (χ1n) is 4.46. The van der Waals surface area contributed by atoms with Gasteiger partial charge in [-0.3, -0.25) is 0 Å². The predicted octanol–water partition coefficient (Wildman–Crippen LogP) is 3.47. The molecular formula is C11H11ClFNO. The number of carbonyl (C=O) groups excluding carboxylic acids is 1. The third-order valence-corrected chi connectivity index (χ3v) is 2.23. The number of halogens is 2. The Kier molecular flexibility index (Phi) is 3.61. The molecule has 80 valence electrons. The van der Waals surface area contributed by atoms with Crippen LogP contribution >= 0.6 is 11.6 Å². The predicted molar refractivity (Wildman–Crippen MR) is 57.5 cm³/mol. The van der Waals surface area contributed by atoms with Gasteiger partial charge < -0.3 is 0 Å². The smallest absolute Gasteiger partial charge is 0.235 e. The van der Waals surface area contributed by atoms with Crippen LogP contribution in [0.1, 0.15) is 25.5 Å². The Bertz CT molecular complexity index is 394. The number of nitrogens with zero attached hydrogens (tertiary/aromatic N) is 1. The van der Waals surface area contributed by atoms with E-state index in [0.717, 1.165) is 0 Å². The highest BCUT2D eigenvalue weighted by Crippen LogP contribution is 2.33. The van der Waals surface area contributed by atoms with Gasteiger partial charge in [-0.05, 0) is 31.5 Å². The van der Waals surface area contributed by atoms with Gasteiger partial charge in [0.1, 0.15) is 11.7 Å². The molecule has 1 aromatic carbocycles. The van der Waals surface area contributed by atoms with Crippen molar-refractivity contribution in [2.24, 2.45) is 4.99 Å². The van der Waals surface area contributed by atoms with E-state index in [4.69, 9.17) is 11.6 Å². The van der Waals surface area contributed by atoms with Gasteiger partial charge in [0.25, 0.3) is 0 Å². The highest BCUT2D eigenvalue weighted by atomic mass is 35.5. The van der Waals surface area contributed by atoms with Crippen molar-refractivity contribution in [3.8, 4) is 0 Å². The van der Waals surface area contributed by atoms with Crippen LogP contribution in [0, 0.1) is 0 Å². The zero-order chi connectivity index (χ0) is 11.5. The van der Waals surface area contributed by atoms with Crippen LogP contribution in [0.15, 0.2) is 29.3 Å². The van der Waals surface area contributed by atoms with Gasteiger partial charge in [-0.25, -0.2) is 9.18 Å². The average Bonchev–Trinajstić information content (AvgIpc) is 2.12. The summed E-state index contributed by atoms with van der Waals surface area (Å²) in [6.07, 6.45) is 1.38. The van der Waals surface area contributed by atoms with Crippen molar-refractivity contribution in [2.75, 3.05) is 0 Å². The molecule has 15 heavy (non-hydrogen) atoms. The second kappa shape index (κ2) is 4.56. The van der Waals surface area contributed by atoms with Gasteiger partial charge in [-0.1, -0.05) is 23.7 Å². The van der Waals surface area contributed by atoms with Gasteiger partial charge in [0.15, 0.2) is 0 Å². The molecule has 1 aromatic rings. The number of aliphatic imine (C=N–C) groups is 1. The summed E-state index contributed by atoms with van der Waals surface area (Å²) >= 11 is 5.78. The third-order valence-electron chi connectivity index (χ3n) is 2.00. The SMILES string of the molecule is CC(C)(F)C(N=C=O)c1cccc(Cl)c1. The molecule has 1 rings (SSSR count). The third kappa shape index (κ3) is 3.15. The molecule has 1 atom stereocenters. The largest absolute Gasteiger partial charge is 0.242 e. The zero-order valence-corrected chi connectivity index (χ0v) is 9.25. The molecule has 0 saturated carbocycles. The van der Waals surface area contributed by atoms with Crippen LogP contribution in [0.2, 0.25) is 5.02 Å². The van der Waals surface area contributed by atoms with Crippen molar-refractivity contribution in [2.45, 2.75) is 25.6 Å². The number of rotatable bonds is 3. The summed E-state index contributed by atoms with van der Waals surface area (Å²) in [6.45, 7) is 2.72. The topological polar surface area (TPSA) is 29.4 Å². The Balaban J connectivity index is 3.16. The number of alkyl halides is 1. The summed E-state index contributed by atoms with van der Waals surface area (Å²) in [6, 6.07) is 5.77. The first-order valence-corrected chi connectivity index (χ1v) is 4.84. The van der Waals surface area contributed by atoms with E-state index in [0.29, 0.717) is 10.6 Å². The Morgan fingerprint density at radius 2 is 2.20 bits per heavy atom. The molecule has 0 radical (unpaired) electrons. The van der Waals surface area contributed by atoms with Crippen LogP contribution in [0.5, 0.6) is 0 Å². The number of benzene rings is 1. The normalized spacial score (nSPS) is 13.1. The fraction of sp³-hybridized carbons (Fsp3) is 0.364. The molecule has 0 N–H and O–H groups in total. The summed E-state index contributed by atoms with van der Waals surface area (Å²) in [5.41, 5.74) is -1.06.